The predicted molar refractivity (Wildman–Crippen MR) is 135 cm³/mol. The molecule has 0 bridgehead atoms. The summed E-state index contributed by atoms with van der Waals surface area (Å²) >= 11 is 0. The summed E-state index contributed by atoms with van der Waals surface area (Å²) in [5, 5.41) is 16.1. The lowest BCUT2D eigenvalue weighted by Gasteiger charge is -2.27. The Balaban J connectivity index is 1.53. The molecule has 3 N–H and O–H groups in total. The van der Waals surface area contributed by atoms with E-state index in [4.69, 9.17) is 0 Å². The summed E-state index contributed by atoms with van der Waals surface area (Å²) in [7, 11) is 0. The lowest BCUT2D eigenvalue weighted by atomic mass is 9.89. The molecule has 7 nitrogen and oxygen atoms in total. The number of benzene rings is 2. The second-order valence-corrected chi connectivity index (χ2v) is 9.46. The maximum Gasteiger partial charge on any atom is 0.323 e. The predicted octanol–water partition coefficient (Wildman–Crippen LogP) is 3.61. The highest BCUT2D eigenvalue weighted by molar-refractivity contribution is 5.88. The van der Waals surface area contributed by atoms with Gasteiger partial charge in [-0.25, -0.2) is 4.39 Å². The highest BCUT2D eigenvalue weighted by atomic mass is 19.1. The highest BCUT2D eigenvalue weighted by Gasteiger charge is 2.30. The molecule has 1 unspecified atom stereocenters. The molecular weight excluding hydrogens is 461 g/mol. The molecule has 0 spiro atoms. The van der Waals surface area contributed by atoms with E-state index in [0.717, 1.165) is 23.2 Å². The van der Waals surface area contributed by atoms with Gasteiger partial charge in [-0.05, 0) is 61.4 Å². The first-order chi connectivity index (χ1) is 17.4. The first kappa shape index (κ1) is 25.4. The number of carboxylic acid groups (broad SMARTS) is 1. The van der Waals surface area contributed by atoms with Crippen molar-refractivity contribution in [3.05, 3.63) is 71.2 Å². The quantitative estimate of drug-likeness (QED) is 0.402. The second-order valence-electron chi connectivity index (χ2n) is 9.46. The van der Waals surface area contributed by atoms with Crippen LogP contribution in [0.3, 0.4) is 0 Å². The van der Waals surface area contributed by atoms with Crippen molar-refractivity contribution in [3.63, 3.8) is 0 Å². The van der Waals surface area contributed by atoms with Crippen molar-refractivity contribution in [2.24, 2.45) is 5.92 Å². The Labute approximate surface area is 209 Å². The van der Waals surface area contributed by atoms with Crippen LogP contribution < -0.4 is 10.6 Å². The Morgan fingerprint density at radius 3 is 2.67 bits per heavy atom. The van der Waals surface area contributed by atoms with Crippen LogP contribution in [0.2, 0.25) is 0 Å². The third-order valence-corrected chi connectivity index (χ3v) is 6.77. The zero-order valence-corrected chi connectivity index (χ0v) is 20.4. The van der Waals surface area contributed by atoms with E-state index in [2.05, 4.69) is 10.6 Å². The molecule has 2 aromatic carbocycles. The van der Waals surface area contributed by atoms with Crippen molar-refractivity contribution in [1.82, 2.24) is 15.2 Å². The van der Waals surface area contributed by atoms with E-state index in [1.54, 1.807) is 10.6 Å². The van der Waals surface area contributed by atoms with Crippen molar-refractivity contribution in [1.29, 1.82) is 0 Å². The third-order valence-electron chi connectivity index (χ3n) is 6.77. The van der Waals surface area contributed by atoms with Gasteiger partial charge >= 0.3 is 5.97 Å². The van der Waals surface area contributed by atoms with Crippen LogP contribution in [0.1, 0.15) is 43.0 Å². The van der Waals surface area contributed by atoms with Gasteiger partial charge in [0, 0.05) is 35.6 Å². The Kier molecular flexibility index (Phi) is 8.03. The van der Waals surface area contributed by atoms with Crippen LogP contribution in [0, 0.1) is 11.7 Å². The molecular formula is C28H32FN3O4. The van der Waals surface area contributed by atoms with Crippen molar-refractivity contribution >= 4 is 28.7 Å². The molecule has 2 atom stereocenters. The summed E-state index contributed by atoms with van der Waals surface area (Å²) < 4.78 is 15.8. The molecule has 1 aromatic heterocycles. The van der Waals surface area contributed by atoms with Crippen molar-refractivity contribution in [2.75, 3.05) is 6.54 Å². The van der Waals surface area contributed by atoms with Crippen LogP contribution in [-0.4, -0.2) is 40.0 Å². The van der Waals surface area contributed by atoms with E-state index in [9.17, 15) is 23.9 Å². The number of amides is 2. The molecule has 36 heavy (non-hydrogen) atoms. The number of fused-ring (bicyclic) bond motifs is 3. The highest BCUT2D eigenvalue weighted by Crippen LogP contribution is 2.33. The molecule has 1 heterocycles. The number of carboxylic acids is 1. The van der Waals surface area contributed by atoms with Crippen LogP contribution >= 0.6 is 0 Å². The van der Waals surface area contributed by atoms with Gasteiger partial charge in [0.25, 0.3) is 0 Å². The van der Waals surface area contributed by atoms with E-state index in [-0.39, 0.29) is 36.6 Å². The minimum absolute atomic E-state index is 0.0990. The molecule has 4 rings (SSSR count). The van der Waals surface area contributed by atoms with E-state index in [1.165, 1.54) is 12.1 Å². The van der Waals surface area contributed by atoms with Gasteiger partial charge in [0.15, 0.2) is 0 Å². The van der Waals surface area contributed by atoms with Crippen LogP contribution in [0.15, 0.2) is 48.5 Å². The molecule has 8 heteroatoms. The smallest absolute Gasteiger partial charge is 0.323 e. The lowest BCUT2D eigenvalue weighted by molar-refractivity contribution is -0.137. The zero-order chi connectivity index (χ0) is 25.7. The SMILES string of the molecule is CCCNC(=O)CC(Cc1ccccc1)C(=O)N[C@H]1CCc2c(c3cc(F)ccc3n2CC(=O)O)C1. The molecule has 1 aliphatic carbocycles. The summed E-state index contributed by atoms with van der Waals surface area (Å²) in [6.07, 6.45) is 3.06. The molecule has 0 saturated carbocycles. The molecule has 3 aromatic rings. The fourth-order valence-electron chi connectivity index (χ4n) is 5.10. The van der Waals surface area contributed by atoms with E-state index >= 15 is 0 Å². The van der Waals surface area contributed by atoms with Gasteiger partial charge in [-0.15, -0.1) is 0 Å². The number of carbonyl (C=O) groups excluding carboxylic acids is 2. The lowest BCUT2D eigenvalue weighted by Crippen LogP contribution is -2.44. The van der Waals surface area contributed by atoms with Gasteiger partial charge in [-0.1, -0.05) is 37.3 Å². The molecule has 0 fully saturated rings. The normalized spacial score (nSPS) is 15.8. The molecule has 0 aliphatic heterocycles. The Morgan fingerprint density at radius 1 is 1.17 bits per heavy atom. The van der Waals surface area contributed by atoms with E-state index in [1.807, 2.05) is 37.3 Å². The maximum absolute atomic E-state index is 14.1. The first-order valence-corrected chi connectivity index (χ1v) is 12.5. The van der Waals surface area contributed by atoms with E-state index < -0.39 is 11.9 Å². The fraction of sp³-hybridized carbons (Fsp3) is 0.393. The molecule has 190 valence electrons. The molecule has 0 radical (unpaired) electrons. The Bertz CT molecular complexity index is 1250. The maximum atomic E-state index is 14.1. The average Bonchev–Trinajstić information content (AvgIpc) is 3.14. The van der Waals surface area contributed by atoms with Crippen molar-refractivity contribution in [3.8, 4) is 0 Å². The number of hydrogen-bond donors (Lipinski definition) is 3. The standard InChI is InChI=1S/C28H32FN3O4/c1-2-12-30-26(33)14-19(13-18-6-4-3-5-7-18)28(36)31-21-9-11-25-23(16-21)22-15-20(29)8-10-24(22)32(25)17-27(34)35/h3-8,10,15,19,21H,2,9,11-14,16-17H2,1H3,(H,30,33)(H,31,36)(H,34,35)/t19?,21-/m0/s1. The minimum atomic E-state index is -0.959. The van der Waals surface area contributed by atoms with Crippen molar-refractivity contribution in [2.45, 2.75) is 58.0 Å². The van der Waals surface area contributed by atoms with Gasteiger partial charge in [0.05, 0.1) is 5.92 Å². The summed E-state index contributed by atoms with van der Waals surface area (Å²) in [4.78, 5) is 37.3. The number of hydrogen-bond acceptors (Lipinski definition) is 3. The number of nitrogens with zero attached hydrogens (tertiary/aromatic N) is 1. The Morgan fingerprint density at radius 2 is 1.94 bits per heavy atom. The summed E-state index contributed by atoms with van der Waals surface area (Å²) in [6.45, 7) is 2.35. The first-order valence-electron chi connectivity index (χ1n) is 12.5. The van der Waals surface area contributed by atoms with Gasteiger partial charge in [0.1, 0.15) is 12.4 Å². The fourth-order valence-corrected chi connectivity index (χ4v) is 5.10. The van der Waals surface area contributed by atoms with Crippen LogP contribution in [0.25, 0.3) is 10.9 Å². The van der Waals surface area contributed by atoms with Gasteiger partial charge in [-0.2, -0.15) is 0 Å². The van der Waals surface area contributed by atoms with Crippen LogP contribution in [0.5, 0.6) is 0 Å². The third kappa shape index (κ3) is 5.93. The minimum Gasteiger partial charge on any atom is -0.480 e. The number of nitrogens with one attached hydrogen (secondary N) is 2. The molecule has 2 amide bonds. The topological polar surface area (TPSA) is 100 Å². The Hall–Kier alpha value is -3.68. The number of halogens is 1. The summed E-state index contributed by atoms with van der Waals surface area (Å²) in [5.74, 6) is -2.19. The van der Waals surface area contributed by atoms with Gasteiger partial charge < -0.3 is 20.3 Å². The van der Waals surface area contributed by atoms with Gasteiger partial charge in [-0.3, -0.25) is 14.4 Å². The number of carbonyl (C=O) groups is 3. The van der Waals surface area contributed by atoms with Crippen molar-refractivity contribution < 1.29 is 23.9 Å². The molecule has 0 saturated heterocycles. The second kappa shape index (κ2) is 11.4. The monoisotopic (exact) mass is 493 g/mol. The van der Waals surface area contributed by atoms with Crippen LogP contribution in [-0.2, 0) is 40.2 Å². The number of rotatable bonds is 10. The van der Waals surface area contributed by atoms with Gasteiger partial charge in [0.2, 0.25) is 11.8 Å². The average molecular weight is 494 g/mol. The van der Waals surface area contributed by atoms with E-state index in [0.29, 0.717) is 43.1 Å². The summed E-state index contributed by atoms with van der Waals surface area (Å²) in [5.41, 5.74) is 3.43. The summed E-state index contributed by atoms with van der Waals surface area (Å²) in [6, 6.07) is 13.8. The zero-order valence-electron chi connectivity index (χ0n) is 20.4. The number of aromatic nitrogens is 1. The number of aliphatic carboxylic acids is 1. The van der Waals surface area contributed by atoms with Crippen LogP contribution in [0.4, 0.5) is 4.39 Å². The largest absolute Gasteiger partial charge is 0.480 e. The molecule has 1 aliphatic rings.